The lowest BCUT2D eigenvalue weighted by molar-refractivity contribution is 0.560. The van der Waals surface area contributed by atoms with Crippen LogP contribution in [-0.2, 0) is 0 Å². The molecule has 0 saturated carbocycles. The van der Waals surface area contributed by atoms with Crippen molar-refractivity contribution in [1.29, 1.82) is 0 Å². The summed E-state index contributed by atoms with van der Waals surface area (Å²) in [5, 5.41) is 10.5. The van der Waals surface area contributed by atoms with Crippen molar-refractivity contribution >= 4 is 17.9 Å². The van der Waals surface area contributed by atoms with Gasteiger partial charge in [-0.15, -0.1) is 10.2 Å². The first-order chi connectivity index (χ1) is 7.43. The molecule has 0 fully saturated rings. The van der Waals surface area contributed by atoms with Gasteiger partial charge in [0.05, 0.1) is 12.5 Å². The largest absolute Gasteiger partial charge is 0.463 e. The molecule has 0 unspecified atom stereocenters. The summed E-state index contributed by atoms with van der Waals surface area (Å²) in [6.07, 6.45) is 4.67. The van der Waals surface area contributed by atoms with E-state index in [9.17, 15) is 0 Å². The molecule has 0 spiro atoms. The summed E-state index contributed by atoms with van der Waals surface area (Å²) in [5.74, 6) is 1.58. The Kier molecular flexibility index (Phi) is 1.61. The second-order valence-corrected chi connectivity index (χ2v) is 2.80. The average molecular weight is 202 g/mol. The first kappa shape index (κ1) is 7.92. The Morgan fingerprint density at radius 1 is 1.47 bits per heavy atom. The molecule has 3 aromatic rings. The molecule has 15 heavy (non-hydrogen) atoms. The van der Waals surface area contributed by atoms with Gasteiger partial charge >= 0.3 is 0 Å². The molecule has 7 nitrogen and oxygen atoms in total. The standard InChI is InChI=1S/C8H6N6O/c1-2-6(15-3-1)4-9-7-12-13-8-10-5-11-14(7)8/h1-5H,(H,10,11,13). The maximum atomic E-state index is 5.09. The number of hydrogen-bond acceptors (Lipinski definition) is 5. The first-order valence-corrected chi connectivity index (χ1v) is 4.25. The van der Waals surface area contributed by atoms with E-state index < -0.39 is 0 Å². The molecule has 0 aromatic carbocycles. The highest BCUT2D eigenvalue weighted by molar-refractivity contribution is 5.77. The fourth-order valence-electron chi connectivity index (χ4n) is 1.18. The molecule has 0 bridgehead atoms. The van der Waals surface area contributed by atoms with Crippen LogP contribution in [0.4, 0.5) is 5.95 Å². The van der Waals surface area contributed by atoms with Gasteiger partial charge in [-0.1, -0.05) is 0 Å². The molecule has 0 aliphatic heterocycles. The van der Waals surface area contributed by atoms with Gasteiger partial charge in [0.1, 0.15) is 12.1 Å². The van der Waals surface area contributed by atoms with Crippen LogP contribution in [-0.4, -0.2) is 31.0 Å². The topological polar surface area (TPSA) is 84.4 Å². The smallest absolute Gasteiger partial charge is 0.273 e. The summed E-state index contributed by atoms with van der Waals surface area (Å²) in [6.45, 7) is 0. The number of fused-ring (bicyclic) bond motifs is 1. The van der Waals surface area contributed by atoms with Gasteiger partial charge in [-0.25, -0.2) is 4.99 Å². The van der Waals surface area contributed by atoms with Gasteiger partial charge in [0, 0.05) is 0 Å². The Hall–Kier alpha value is -2.44. The van der Waals surface area contributed by atoms with E-state index in [-0.39, 0.29) is 0 Å². The third-order valence-electron chi connectivity index (χ3n) is 1.85. The van der Waals surface area contributed by atoms with Crippen LogP contribution in [0.15, 0.2) is 34.1 Å². The van der Waals surface area contributed by atoms with Gasteiger partial charge in [-0.2, -0.15) is 9.50 Å². The molecule has 0 radical (unpaired) electrons. The van der Waals surface area contributed by atoms with Crippen molar-refractivity contribution in [3.63, 3.8) is 0 Å². The Morgan fingerprint density at radius 2 is 2.47 bits per heavy atom. The van der Waals surface area contributed by atoms with E-state index in [1.165, 1.54) is 6.33 Å². The third kappa shape index (κ3) is 1.30. The number of nitrogens with zero attached hydrogens (tertiary/aromatic N) is 5. The van der Waals surface area contributed by atoms with Gasteiger partial charge in [-0.3, -0.25) is 5.10 Å². The molecular formula is C8H6N6O. The predicted molar refractivity (Wildman–Crippen MR) is 51.1 cm³/mol. The lowest BCUT2D eigenvalue weighted by atomic mass is 10.5. The van der Waals surface area contributed by atoms with E-state index in [2.05, 4.69) is 25.3 Å². The van der Waals surface area contributed by atoms with Crippen molar-refractivity contribution < 1.29 is 4.42 Å². The number of furan rings is 1. The Balaban J connectivity index is 1.99. The molecule has 7 heteroatoms. The molecule has 0 saturated heterocycles. The normalized spacial score (nSPS) is 11.7. The molecule has 3 rings (SSSR count). The SMILES string of the molecule is C(=Nc1nnc2nc[nH]n12)c1ccco1. The summed E-state index contributed by atoms with van der Waals surface area (Å²) in [6, 6.07) is 3.59. The molecule has 0 aliphatic carbocycles. The van der Waals surface area contributed by atoms with Gasteiger partial charge in [0.15, 0.2) is 0 Å². The monoisotopic (exact) mass is 202 g/mol. The number of aromatic nitrogens is 5. The molecule has 74 valence electrons. The zero-order valence-electron chi connectivity index (χ0n) is 7.53. The number of H-pyrrole nitrogens is 1. The summed E-state index contributed by atoms with van der Waals surface area (Å²) in [5.41, 5.74) is 0. The molecule has 0 aliphatic rings. The van der Waals surface area contributed by atoms with E-state index in [4.69, 9.17) is 4.42 Å². The fourth-order valence-corrected chi connectivity index (χ4v) is 1.18. The van der Waals surface area contributed by atoms with Crippen LogP contribution in [0.25, 0.3) is 5.78 Å². The average Bonchev–Trinajstić information content (AvgIpc) is 2.93. The van der Waals surface area contributed by atoms with Crippen molar-refractivity contribution in [2.75, 3.05) is 0 Å². The number of aliphatic imine (C=N–C) groups is 1. The van der Waals surface area contributed by atoms with Crippen LogP contribution < -0.4 is 0 Å². The van der Waals surface area contributed by atoms with Crippen molar-refractivity contribution in [1.82, 2.24) is 24.8 Å². The van der Waals surface area contributed by atoms with Gasteiger partial charge < -0.3 is 4.42 Å². The highest BCUT2D eigenvalue weighted by atomic mass is 16.3. The van der Waals surface area contributed by atoms with Crippen LogP contribution in [0.5, 0.6) is 0 Å². The van der Waals surface area contributed by atoms with E-state index in [1.807, 2.05) is 0 Å². The summed E-state index contributed by atoms with van der Waals surface area (Å²) in [7, 11) is 0. The van der Waals surface area contributed by atoms with Crippen molar-refractivity contribution in [2.24, 2.45) is 4.99 Å². The van der Waals surface area contributed by atoms with Gasteiger partial charge in [0.2, 0.25) is 0 Å². The highest BCUT2D eigenvalue weighted by Gasteiger charge is 2.04. The quantitative estimate of drug-likeness (QED) is 0.623. The second kappa shape index (κ2) is 3.05. The van der Waals surface area contributed by atoms with Crippen LogP contribution in [0.1, 0.15) is 5.76 Å². The first-order valence-electron chi connectivity index (χ1n) is 4.25. The van der Waals surface area contributed by atoms with Crippen LogP contribution in [0, 0.1) is 0 Å². The lowest BCUT2D eigenvalue weighted by Gasteiger charge is -1.85. The van der Waals surface area contributed by atoms with Gasteiger partial charge in [-0.05, 0) is 12.1 Å². The van der Waals surface area contributed by atoms with E-state index in [1.54, 1.807) is 29.1 Å². The third-order valence-corrected chi connectivity index (χ3v) is 1.85. The molecular weight excluding hydrogens is 196 g/mol. The Labute approximate surface area is 83.5 Å². The van der Waals surface area contributed by atoms with Gasteiger partial charge in [0.25, 0.3) is 11.7 Å². The summed E-state index contributed by atoms with van der Waals surface area (Å²) >= 11 is 0. The molecule has 3 heterocycles. The zero-order chi connectivity index (χ0) is 10.1. The number of hydrogen-bond donors (Lipinski definition) is 1. The Bertz CT molecular complexity index is 589. The minimum Gasteiger partial charge on any atom is -0.463 e. The zero-order valence-corrected chi connectivity index (χ0v) is 7.53. The summed E-state index contributed by atoms with van der Waals surface area (Å²) in [4.78, 5) is 8.03. The minimum atomic E-state index is 0.430. The van der Waals surface area contributed by atoms with Crippen LogP contribution in [0.2, 0.25) is 0 Å². The molecule has 0 amide bonds. The highest BCUT2D eigenvalue weighted by Crippen LogP contribution is 2.07. The van der Waals surface area contributed by atoms with E-state index in [0.717, 1.165) is 0 Å². The number of rotatable bonds is 2. The van der Waals surface area contributed by atoms with E-state index in [0.29, 0.717) is 17.5 Å². The molecule has 1 N–H and O–H groups in total. The van der Waals surface area contributed by atoms with E-state index >= 15 is 0 Å². The minimum absolute atomic E-state index is 0.430. The number of aromatic amines is 1. The maximum absolute atomic E-state index is 5.09. The van der Waals surface area contributed by atoms with Crippen LogP contribution >= 0.6 is 0 Å². The maximum Gasteiger partial charge on any atom is 0.273 e. The molecule has 0 atom stereocenters. The predicted octanol–water partition coefficient (Wildman–Crippen LogP) is 0.796. The second-order valence-electron chi connectivity index (χ2n) is 2.80. The Morgan fingerprint density at radius 3 is 3.33 bits per heavy atom. The molecule has 3 aromatic heterocycles. The van der Waals surface area contributed by atoms with Crippen LogP contribution in [0.3, 0.4) is 0 Å². The van der Waals surface area contributed by atoms with Crippen molar-refractivity contribution in [3.05, 3.63) is 30.5 Å². The fraction of sp³-hybridized carbons (Fsp3) is 0. The lowest BCUT2D eigenvalue weighted by Crippen LogP contribution is -1.83. The number of nitrogens with one attached hydrogen (secondary N) is 1. The van der Waals surface area contributed by atoms with Crippen molar-refractivity contribution in [3.8, 4) is 0 Å². The summed E-state index contributed by atoms with van der Waals surface area (Å²) < 4.78 is 6.66. The van der Waals surface area contributed by atoms with Crippen molar-refractivity contribution in [2.45, 2.75) is 0 Å².